The molecule has 1 fully saturated rings. The summed E-state index contributed by atoms with van der Waals surface area (Å²) in [5.41, 5.74) is 0.145. The van der Waals surface area contributed by atoms with Crippen LogP contribution >= 0.6 is 0 Å². The Hall–Kier alpha value is -2.37. The Balaban J connectivity index is 1.89. The number of nitrogens with one attached hydrogen (secondary N) is 2. The summed E-state index contributed by atoms with van der Waals surface area (Å²) in [4.78, 5) is 35.2. The standard InChI is InChI=1S/C18H24N2O4/c1-11-9-14(11)16(22)20-13-6-4-5-12(10-13)15(21)19-8-7-18(2,3)17(23)24/h4-6,10-11,14H,7-9H2,1-3H3,(H,19,21)(H,20,22)(H,23,24). The van der Waals surface area contributed by atoms with Crippen molar-refractivity contribution in [2.45, 2.75) is 33.6 Å². The average molecular weight is 332 g/mol. The van der Waals surface area contributed by atoms with E-state index in [0.717, 1.165) is 6.42 Å². The molecule has 0 aliphatic heterocycles. The number of amides is 2. The van der Waals surface area contributed by atoms with Crippen LogP contribution in [-0.4, -0.2) is 29.4 Å². The predicted octanol–water partition coefficient (Wildman–Crippen LogP) is 2.51. The Labute approximate surface area is 141 Å². The van der Waals surface area contributed by atoms with Gasteiger partial charge in [-0.25, -0.2) is 0 Å². The van der Waals surface area contributed by atoms with Crippen LogP contribution in [0.4, 0.5) is 5.69 Å². The molecule has 0 radical (unpaired) electrons. The molecule has 1 aromatic rings. The van der Waals surface area contributed by atoms with E-state index in [-0.39, 0.29) is 24.3 Å². The highest BCUT2D eigenvalue weighted by atomic mass is 16.4. The third kappa shape index (κ3) is 4.57. The van der Waals surface area contributed by atoms with E-state index in [1.54, 1.807) is 38.1 Å². The van der Waals surface area contributed by atoms with Gasteiger partial charge in [-0.05, 0) is 50.8 Å². The molecule has 0 heterocycles. The van der Waals surface area contributed by atoms with Crippen molar-refractivity contribution < 1.29 is 19.5 Å². The van der Waals surface area contributed by atoms with Crippen LogP contribution in [0.15, 0.2) is 24.3 Å². The van der Waals surface area contributed by atoms with Crippen molar-refractivity contribution in [3.8, 4) is 0 Å². The summed E-state index contributed by atoms with van der Waals surface area (Å²) in [7, 11) is 0. The number of benzene rings is 1. The van der Waals surface area contributed by atoms with Crippen molar-refractivity contribution in [1.29, 1.82) is 0 Å². The number of carbonyl (C=O) groups excluding carboxylic acids is 2. The minimum Gasteiger partial charge on any atom is -0.481 e. The van der Waals surface area contributed by atoms with E-state index >= 15 is 0 Å². The summed E-state index contributed by atoms with van der Waals surface area (Å²) in [6, 6.07) is 6.74. The lowest BCUT2D eigenvalue weighted by Crippen LogP contribution is -2.32. The maximum atomic E-state index is 12.2. The van der Waals surface area contributed by atoms with E-state index in [0.29, 0.717) is 23.6 Å². The molecule has 0 bridgehead atoms. The molecule has 130 valence electrons. The van der Waals surface area contributed by atoms with Gasteiger partial charge in [0, 0.05) is 23.7 Å². The first-order valence-corrected chi connectivity index (χ1v) is 8.13. The molecule has 24 heavy (non-hydrogen) atoms. The van der Waals surface area contributed by atoms with Gasteiger partial charge in [0.05, 0.1) is 5.41 Å². The topological polar surface area (TPSA) is 95.5 Å². The van der Waals surface area contributed by atoms with Gasteiger partial charge in [-0.2, -0.15) is 0 Å². The van der Waals surface area contributed by atoms with Gasteiger partial charge in [0.15, 0.2) is 0 Å². The minimum atomic E-state index is -0.893. The Kier molecular flexibility index (Phi) is 5.26. The number of hydrogen-bond donors (Lipinski definition) is 3. The normalized spacial score (nSPS) is 19.5. The molecule has 0 aromatic heterocycles. The van der Waals surface area contributed by atoms with Crippen LogP contribution in [0, 0.1) is 17.3 Å². The van der Waals surface area contributed by atoms with Crippen molar-refractivity contribution in [2.75, 3.05) is 11.9 Å². The van der Waals surface area contributed by atoms with Crippen LogP contribution in [-0.2, 0) is 9.59 Å². The molecule has 1 aromatic carbocycles. The second-order valence-electron chi connectivity index (χ2n) is 7.08. The van der Waals surface area contributed by atoms with Crippen molar-refractivity contribution in [1.82, 2.24) is 5.32 Å². The fraction of sp³-hybridized carbons (Fsp3) is 0.500. The zero-order valence-electron chi connectivity index (χ0n) is 14.3. The molecule has 2 rings (SSSR count). The molecule has 2 unspecified atom stereocenters. The van der Waals surface area contributed by atoms with Crippen molar-refractivity contribution in [3.63, 3.8) is 0 Å². The van der Waals surface area contributed by atoms with E-state index in [2.05, 4.69) is 10.6 Å². The number of hydrogen-bond acceptors (Lipinski definition) is 3. The molecule has 1 saturated carbocycles. The molecule has 1 aliphatic rings. The van der Waals surface area contributed by atoms with Gasteiger partial charge >= 0.3 is 5.97 Å². The predicted molar refractivity (Wildman–Crippen MR) is 90.7 cm³/mol. The Bertz CT molecular complexity index is 654. The van der Waals surface area contributed by atoms with E-state index < -0.39 is 11.4 Å². The quantitative estimate of drug-likeness (QED) is 0.715. The number of carbonyl (C=O) groups is 3. The summed E-state index contributed by atoms with van der Waals surface area (Å²) < 4.78 is 0. The zero-order chi connectivity index (χ0) is 17.9. The van der Waals surface area contributed by atoms with E-state index in [1.165, 1.54) is 0 Å². The summed E-state index contributed by atoms with van der Waals surface area (Å²) in [6.45, 7) is 5.55. The number of rotatable bonds is 7. The molecule has 2 amide bonds. The SMILES string of the molecule is CC1CC1C(=O)Nc1cccc(C(=O)NCCC(C)(C)C(=O)O)c1. The third-order valence-corrected chi connectivity index (χ3v) is 4.45. The maximum Gasteiger partial charge on any atom is 0.309 e. The van der Waals surface area contributed by atoms with E-state index in [4.69, 9.17) is 5.11 Å². The third-order valence-electron chi connectivity index (χ3n) is 4.45. The summed E-state index contributed by atoms with van der Waals surface area (Å²) in [5, 5.41) is 14.6. The number of carboxylic acid groups (broad SMARTS) is 1. The molecule has 2 atom stereocenters. The molecule has 0 saturated heterocycles. The smallest absolute Gasteiger partial charge is 0.309 e. The average Bonchev–Trinajstić information content (AvgIpc) is 3.24. The van der Waals surface area contributed by atoms with Crippen molar-refractivity contribution in [2.24, 2.45) is 17.3 Å². The number of anilines is 1. The Morgan fingerprint density at radius 2 is 1.96 bits per heavy atom. The number of aliphatic carboxylic acids is 1. The lowest BCUT2D eigenvalue weighted by atomic mass is 9.90. The second-order valence-corrected chi connectivity index (χ2v) is 7.08. The molecule has 3 N–H and O–H groups in total. The van der Waals surface area contributed by atoms with Crippen LogP contribution < -0.4 is 10.6 Å². The lowest BCUT2D eigenvalue weighted by Gasteiger charge is -2.19. The van der Waals surface area contributed by atoms with Crippen LogP contribution in [0.5, 0.6) is 0 Å². The van der Waals surface area contributed by atoms with Crippen LogP contribution in [0.1, 0.15) is 44.0 Å². The second kappa shape index (κ2) is 7.03. The highest BCUT2D eigenvalue weighted by Gasteiger charge is 2.39. The van der Waals surface area contributed by atoms with E-state index in [9.17, 15) is 14.4 Å². The van der Waals surface area contributed by atoms with Gasteiger partial charge in [-0.3, -0.25) is 14.4 Å². The molecular formula is C18H24N2O4. The van der Waals surface area contributed by atoms with Crippen molar-refractivity contribution >= 4 is 23.5 Å². The molecule has 0 spiro atoms. The molecule has 6 nitrogen and oxygen atoms in total. The molecular weight excluding hydrogens is 308 g/mol. The van der Waals surface area contributed by atoms with E-state index in [1.807, 2.05) is 6.92 Å². The fourth-order valence-electron chi connectivity index (χ4n) is 2.36. The first kappa shape index (κ1) is 18.0. The monoisotopic (exact) mass is 332 g/mol. The highest BCUT2D eigenvalue weighted by Crippen LogP contribution is 2.38. The van der Waals surface area contributed by atoms with Crippen LogP contribution in [0.2, 0.25) is 0 Å². The zero-order valence-corrected chi connectivity index (χ0v) is 14.3. The van der Waals surface area contributed by atoms with Gasteiger partial charge in [0.25, 0.3) is 5.91 Å². The molecule has 6 heteroatoms. The van der Waals surface area contributed by atoms with Gasteiger partial charge in [0.1, 0.15) is 0 Å². The van der Waals surface area contributed by atoms with Gasteiger partial charge in [-0.1, -0.05) is 13.0 Å². The summed E-state index contributed by atoms with van der Waals surface area (Å²) in [5.74, 6) is -0.694. The van der Waals surface area contributed by atoms with Gasteiger partial charge in [-0.15, -0.1) is 0 Å². The summed E-state index contributed by atoms with van der Waals surface area (Å²) >= 11 is 0. The largest absolute Gasteiger partial charge is 0.481 e. The minimum absolute atomic E-state index is 0.0109. The van der Waals surface area contributed by atoms with Gasteiger partial charge < -0.3 is 15.7 Å². The lowest BCUT2D eigenvalue weighted by molar-refractivity contribution is -0.147. The highest BCUT2D eigenvalue weighted by molar-refractivity contribution is 5.98. The fourth-order valence-corrected chi connectivity index (χ4v) is 2.36. The first-order chi connectivity index (χ1) is 11.2. The summed E-state index contributed by atoms with van der Waals surface area (Å²) in [6.07, 6.45) is 1.25. The number of carboxylic acids is 1. The maximum absolute atomic E-state index is 12.2. The first-order valence-electron chi connectivity index (χ1n) is 8.13. The van der Waals surface area contributed by atoms with Gasteiger partial charge in [0.2, 0.25) is 5.91 Å². The Morgan fingerprint density at radius 3 is 2.54 bits per heavy atom. The molecule has 1 aliphatic carbocycles. The van der Waals surface area contributed by atoms with Crippen molar-refractivity contribution in [3.05, 3.63) is 29.8 Å². The van der Waals surface area contributed by atoms with Crippen LogP contribution in [0.25, 0.3) is 0 Å². The van der Waals surface area contributed by atoms with Crippen LogP contribution in [0.3, 0.4) is 0 Å². The Morgan fingerprint density at radius 1 is 1.29 bits per heavy atom.